The fourth-order valence-electron chi connectivity index (χ4n) is 2.41. The molecule has 1 aromatic carbocycles. The van der Waals surface area contributed by atoms with Crippen LogP contribution in [-0.2, 0) is 9.53 Å². The van der Waals surface area contributed by atoms with Gasteiger partial charge in [0.2, 0.25) is 5.91 Å². The number of pyridine rings is 1. The van der Waals surface area contributed by atoms with Gasteiger partial charge in [0.1, 0.15) is 6.33 Å². The second-order valence-corrected chi connectivity index (χ2v) is 6.46. The summed E-state index contributed by atoms with van der Waals surface area (Å²) in [7, 11) is 0. The lowest BCUT2D eigenvalue weighted by atomic mass is 10.1. The lowest BCUT2D eigenvalue weighted by molar-refractivity contribution is -0.114. The molecular weight excluding hydrogens is 368 g/mol. The first kappa shape index (κ1) is 18.6. The highest BCUT2D eigenvalue weighted by Gasteiger charge is 2.15. The van der Waals surface area contributed by atoms with Crippen LogP contribution in [0.3, 0.4) is 0 Å². The molecule has 2 heterocycles. The number of ketones is 1. The fraction of sp³-hybridized carbons (Fsp3) is 0.167. The van der Waals surface area contributed by atoms with Gasteiger partial charge in [-0.05, 0) is 30.5 Å². The minimum absolute atomic E-state index is 0.231. The summed E-state index contributed by atoms with van der Waals surface area (Å²) in [5.41, 5.74) is 1.78. The van der Waals surface area contributed by atoms with E-state index >= 15 is 0 Å². The summed E-state index contributed by atoms with van der Waals surface area (Å²) in [6.07, 6.45) is 4.87. The average Bonchev–Trinajstić information content (AvgIpc) is 3.13. The lowest BCUT2D eigenvalue weighted by Gasteiger charge is -2.10. The highest BCUT2D eigenvalue weighted by Crippen LogP contribution is 2.26. The molecule has 138 valence electrons. The molecule has 0 aliphatic heterocycles. The zero-order valence-corrected chi connectivity index (χ0v) is 15.4. The summed E-state index contributed by atoms with van der Waals surface area (Å²) < 4.78 is 6.69. The van der Waals surface area contributed by atoms with Crippen LogP contribution in [0.2, 0.25) is 0 Å². The highest BCUT2D eigenvalue weighted by molar-refractivity contribution is 7.98. The molecule has 3 rings (SSSR count). The molecule has 0 aliphatic rings. The van der Waals surface area contributed by atoms with Crippen LogP contribution in [0.25, 0.3) is 5.65 Å². The number of amides is 1. The van der Waals surface area contributed by atoms with Crippen molar-refractivity contribution in [3.63, 3.8) is 0 Å². The first-order chi connectivity index (χ1) is 13.0. The molecule has 27 heavy (non-hydrogen) atoms. The molecule has 0 unspecified atom stereocenters. The van der Waals surface area contributed by atoms with Crippen molar-refractivity contribution < 1.29 is 19.1 Å². The smallest absolute Gasteiger partial charge is 0.340 e. The van der Waals surface area contributed by atoms with E-state index in [0.29, 0.717) is 16.9 Å². The van der Waals surface area contributed by atoms with Crippen molar-refractivity contribution in [3.05, 3.63) is 54.0 Å². The van der Waals surface area contributed by atoms with E-state index in [9.17, 15) is 14.4 Å². The van der Waals surface area contributed by atoms with E-state index in [1.807, 2.05) is 6.26 Å². The van der Waals surface area contributed by atoms with Crippen molar-refractivity contribution in [2.24, 2.45) is 0 Å². The third kappa shape index (κ3) is 4.32. The largest absolute Gasteiger partial charge is 0.454 e. The number of carbonyl (C=O) groups excluding carboxylic acids is 3. The molecule has 0 saturated heterocycles. The predicted octanol–water partition coefficient (Wildman–Crippen LogP) is 2.45. The van der Waals surface area contributed by atoms with Gasteiger partial charge in [-0.25, -0.2) is 4.79 Å². The van der Waals surface area contributed by atoms with Gasteiger partial charge in [-0.2, -0.15) is 0 Å². The molecule has 0 radical (unpaired) electrons. The third-order valence-electron chi connectivity index (χ3n) is 3.69. The van der Waals surface area contributed by atoms with Gasteiger partial charge >= 0.3 is 5.97 Å². The molecule has 1 amide bonds. The Morgan fingerprint density at radius 2 is 1.96 bits per heavy atom. The molecule has 1 N–H and O–H groups in total. The van der Waals surface area contributed by atoms with E-state index in [1.54, 1.807) is 34.7 Å². The molecule has 0 saturated carbocycles. The van der Waals surface area contributed by atoms with Crippen molar-refractivity contribution in [1.29, 1.82) is 0 Å². The predicted molar refractivity (Wildman–Crippen MR) is 100 cm³/mol. The lowest BCUT2D eigenvalue weighted by Crippen LogP contribution is -2.15. The quantitative estimate of drug-likeness (QED) is 0.395. The van der Waals surface area contributed by atoms with Gasteiger partial charge in [0.25, 0.3) is 0 Å². The molecule has 0 bridgehead atoms. The van der Waals surface area contributed by atoms with E-state index in [0.717, 1.165) is 4.90 Å². The summed E-state index contributed by atoms with van der Waals surface area (Å²) >= 11 is 1.45. The van der Waals surface area contributed by atoms with E-state index < -0.39 is 12.6 Å². The molecule has 9 heteroatoms. The second-order valence-electron chi connectivity index (χ2n) is 5.61. The SMILES string of the molecule is CSc1ccc(C(=O)COC(=O)c2ccc3nncn3c2)cc1NC(C)=O. The summed E-state index contributed by atoms with van der Waals surface area (Å²) in [5, 5.41) is 10.3. The van der Waals surface area contributed by atoms with E-state index in [2.05, 4.69) is 15.5 Å². The number of fused-ring (bicyclic) bond motifs is 1. The van der Waals surface area contributed by atoms with Gasteiger partial charge in [0, 0.05) is 23.6 Å². The minimum atomic E-state index is -0.623. The number of hydrogen-bond donors (Lipinski definition) is 1. The maximum atomic E-state index is 12.4. The van der Waals surface area contributed by atoms with Crippen LogP contribution < -0.4 is 5.32 Å². The molecular formula is C18H16N4O4S. The number of benzene rings is 1. The van der Waals surface area contributed by atoms with E-state index in [-0.39, 0.29) is 17.3 Å². The minimum Gasteiger partial charge on any atom is -0.454 e. The normalized spacial score (nSPS) is 10.6. The number of nitrogens with zero attached hydrogens (tertiary/aromatic N) is 3. The Morgan fingerprint density at radius 3 is 2.70 bits per heavy atom. The molecule has 0 fully saturated rings. The second kappa shape index (κ2) is 8.00. The molecule has 0 aliphatic carbocycles. The van der Waals surface area contributed by atoms with Gasteiger partial charge < -0.3 is 10.1 Å². The number of hydrogen-bond acceptors (Lipinski definition) is 7. The summed E-state index contributed by atoms with van der Waals surface area (Å²) in [5.74, 6) is -1.22. The van der Waals surface area contributed by atoms with Crippen LogP contribution in [-0.4, -0.2) is 45.1 Å². The van der Waals surface area contributed by atoms with Crippen molar-refractivity contribution in [2.75, 3.05) is 18.2 Å². The first-order valence-electron chi connectivity index (χ1n) is 7.93. The number of thioether (sulfide) groups is 1. The Bertz CT molecular complexity index is 1030. The van der Waals surface area contributed by atoms with Gasteiger partial charge in [0.15, 0.2) is 18.0 Å². The Balaban J connectivity index is 1.69. The van der Waals surface area contributed by atoms with Gasteiger partial charge in [-0.1, -0.05) is 6.07 Å². The van der Waals surface area contributed by atoms with Crippen molar-refractivity contribution in [1.82, 2.24) is 14.6 Å². The van der Waals surface area contributed by atoms with Crippen LogP contribution in [0, 0.1) is 0 Å². The number of rotatable bonds is 6. The highest BCUT2D eigenvalue weighted by atomic mass is 32.2. The number of carbonyl (C=O) groups is 3. The summed E-state index contributed by atoms with van der Waals surface area (Å²) in [6.45, 7) is 0.990. The molecule has 8 nitrogen and oxygen atoms in total. The summed E-state index contributed by atoms with van der Waals surface area (Å²) in [6, 6.07) is 8.14. The van der Waals surface area contributed by atoms with Crippen molar-refractivity contribution in [2.45, 2.75) is 11.8 Å². The van der Waals surface area contributed by atoms with Gasteiger partial charge in [-0.15, -0.1) is 22.0 Å². The van der Waals surface area contributed by atoms with Gasteiger partial charge in [0.05, 0.1) is 11.3 Å². The third-order valence-corrected chi connectivity index (χ3v) is 4.49. The van der Waals surface area contributed by atoms with E-state index in [4.69, 9.17) is 4.74 Å². The Labute approximate surface area is 158 Å². The van der Waals surface area contributed by atoms with Crippen LogP contribution in [0.4, 0.5) is 5.69 Å². The first-order valence-corrected chi connectivity index (χ1v) is 9.16. The number of nitrogens with one attached hydrogen (secondary N) is 1. The molecule has 2 aromatic heterocycles. The van der Waals surface area contributed by atoms with Crippen molar-refractivity contribution in [3.8, 4) is 0 Å². The molecule has 0 atom stereocenters. The Kier molecular flexibility index (Phi) is 5.51. The van der Waals surface area contributed by atoms with Crippen LogP contribution in [0.15, 0.2) is 47.8 Å². The number of aromatic nitrogens is 3. The zero-order valence-electron chi connectivity index (χ0n) is 14.6. The zero-order chi connectivity index (χ0) is 19.4. The number of Topliss-reactive ketones (excluding diaryl/α,β-unsaturated/α-hetero) is 1. The summed E-state index contributed by atoms with van der Waals surface area (Å²) in [4.78, 5) is 36.7. The van der Waals surface area contributed by atoms with E-state index in [1.165, 1.54) is 31.2 Å². The molecule has 3 aromatic rings. The topological polar surface area (TPSA) is 103 Å². The van der Waals surface area contributed by atoms with Crippen LogP contribution in [0.5, 0.6) is 0 Å². The number of esters is 1. The number of ether oxygens (including phenoxy) is 1. The van der Waals surface area contributed by atoms with Crippen LogP contribution >= 0.6 is 11.8 Å². The fourth-order valence-corrected chi connectivity index (χ4v) is 2.95. The van der Waals surface area contributed by atoms with Gasteiger partial charge in [-0.3, -0.25) is 14.0 Å². The average molecular weight is 384 g/mol. The van der Waals surface area contributed by atoms with Crippen LogP contribution in [0.1, 0.15) is 27.6 Å². The Morgan fingerprint density at radius 1 is 1.19 bits per heavy atom. The maximum absolute atomic E-state index is 12.4. The molecule has 0 spiro atoms. The standard InChI is InChI=1S/C18H16N4O4S/c1-11(23)20-14-7-12(3-5-16(14)27-2)15(24)9-26-18(25)13-4-6-17-21-19-10-22(17)8-13/h3-8,10H,9H2,1-2H3,(H,20,23). The van der Waals surface area contributed by atoms with Crippen molar-refractivity contribution >= 4 is 40.8 Å². The Hall–Kier alpha value is -3.20. The maximum Gasteiger partial charge on any atom is 0.340 e. The number of anilines is 1. The monoisotopic (exact) mass is 384 g/mol.